The number of imidazole rings is 1. The van der Waals surface area contributed by atoms with Crippen LogP contribution in [0.4, 0.5) is 8.78 Å². The number of nitrogens with zero attached hydrogens (tertiary/aromatic N) is 3. The van der Waals surface area contributed by atoms with Crippen LogP contribution in [0.2, 0.25) is 0 Å². The third kappa shape index (κ3) is 4.17. The number of hydrogen-bond acceptors (Lipinski definition) is 4. The van der Waals surface area contributed by atoms with Gasteiger partial charge in [0, 0.05) is 18.9 Å². The summed E-state index contributed by atoms with van der Waals surface area (Å²) in [6.45, 7) is 0.740. The maximum Gasteiger partial charge on any atom is 0.319 e. The summed E-state index contributed by atoms with van der Waals surface area (Å²) in [5.74, 6) is 2.17. The van der Waals surface area contributed by atoms with E-state index in [1.54, 1.807) is 0 Å². The molecule has 0 aliphatic carbocycles. The van der Waals surface area contributed by atoms with E-state index in [-0.39, 0.29) is 19.2 Å². The van der Waals surface area contributed by atoms with Crippen LogP contribution in [0.1, 0.15) is 24.9 Å². The van der Waals surface area contributed by atoms with Gasteiger partial charge in [-0.2, -0.15) is 8.78 Å². The highest BCUT2D eigenvalue weighted by molar-refractivity contribution is 5.79. The molecule has 0 unspecified atom stereocenters. The molecule has 9 heteroatoms. The molecule has 7 nitrogen and oxygen atoms in total. The number of alkyl halides is 2. The summed E-state index contributed by atoms with van der Waals surface area (Å²) < 4.78 is 37.1. The number of ether oxygens (including phenoxy) is 2. The van der Waals surface area contributed by atoms with Crippen molar-refractivity contribution >= 4 is 5.96 Å². The van der Waals surface area contributed by atoms with E-state index in [0.717, 1.165) is 15.9 Å². The molecule has 0 fully saturated rings. The van der Waals surface area contributed by atoms with Crippen LogP contribution < -0.4 is 20.1 Å². The summed E-state index contributed by atoms with van der Waals surface area (Å²) in [7, 11) is 0. The van der Waals surface area contributed by atoms with Crippen molar-refractivity contribution < 1.29 is 18.3 Å². The van der Waals surface area contributed by atoms with E-state index in [4.69, 9.17) is 9.47 Å². The van der Waals surface area contributed by atoms with Gasteiger partial charge in [0.2, 0.25) is 6.79 Å². The highest BCUT2D eigenvalue weighted by Crippen LogP contribution is 2.32. The molecule has 0 saturated heterocycles. The third-order valence-electron chi connectivity index (χ3n) is 3.57. The van der Waals surface area contributed by atoms with Gasteiger partial charge in [-0.3, -0.25) is 4.57 Å². The first kappa shape index (κ1) is 17.0. The van der Waals surface area contributed by atoms with Crippen LogP contribution >= 0.6 is 0 Å². The van der Waals surface area contributed by atoms with Crippen molar-refractivity contribution in [2.45, 2.75) is 26.6 Å². The van der Waals surface area contributed by atoms with Gasteiger partial charge < -0.3 is 20.1 Å². The molecule has 0 amide bonds. The Kier molecular flexibility index (Phi) is 5.32. The lowest BCUT2D eigenvalue weighted by atomic mass is 10.2. The van der Waals surface area contributed by atoms with Gasteiger partial charge in [-0.1, -0.05) is 6.07 Å². The smallest absolute Gasteiger partial charge is 0.319 e. The van der Waals surface area contributed by atoms with Crippen molar-refractivity contribution in [2.75, 3.05) is 13.3 Å². The maximum absolute atomic E-state index is 12.8. The van der Waals surface area contributed by atoms with E-state index in [2.05, 4.69) is 20.6 Å². The molecule has 0 bridgehead atoms. The molecule has 134 valence electrons. The highest BCUT2D eigenvalue weighted by Gasteiger charge is 2.13. The zero-order chi connectivity index (χ0) is 17.6. The zero-order valence-corrected chi connectivity index (χ0v) is 13.7. The summed E-state index contributed by atoms with van der Waals surface area (Å²) in [4.78, 5) is 8.39. The molecule has 0 spiro atoms. The van der Waals surface area contributed by atoms with Crippen LogP contribution in [0.5, 0.6) is 11.5 Å². The molecule has 2 aromatic rings. The Morgan fingerprint density at radius 2 is 2.16 bits per heavy atom. The van der Waals surface area contributed by atoms with Crippen LogP contribution in [0.3, 0.4) is 0 Å². The minimum atomic E-state index is -2.62. The van der Waals surface area contributed by atoms with E-state index in [1.807, 2.05) is 25.1 Å². The normalized spacial score (nSPS) is 13.4. The number of rotatable bonds is 6. The topological polar surface area (TPSA) is 72.7 Å². The predicted molar refractivity (Wildman–Crippen MR) is 87.7 cm³/mol. The van der Waals surface area contributed by atoms with Gasteiger partial charge in [0.05, 0.1) is 13.1 Å². The number of aromatic nitrogens is 2. The number of benzene rings is 1. The summed E-state index contributed by atoms with van der Waals surface area (Å²) in [6, 6.07) is 5.62. The number of halogens is 2. The average molecular weight is 351 g/mol. The molecule has 1 aliphatic rings. The van der Waals surface area contributed by atoms with E-state index in [0.29, 0.717) is 24.8 Å². The minimum Gasteiger partial charge on any atom is -0.454 e. The Morgan fingerprint density at radius 1 is 1.32 bits per heavy atom. The lowest BCUT2D eigenvalue weighted by Gasteiger charge is -2.12. The molecular weight excluding hydrogens is 332 g/mol. The largest absolute Gasteiger partial charge is 0.454 e. The van der Waals surface area contributed by atoms with Crippen molar-refractivity contribution in [3.8, 4) is 11.5 Å². The SMILES string of the molecule is CCNC(=NCc1ccc2c(c1)OCO2)NCc1nccn1C(F)F. The van der Waals surface area contributed by atoms with Gasteiger partial charge in [-0.05, 0) is 24.6 Å². The Bertz CT molecular complexity index is 748. The maximum atomic E-state index is 12.8. The molecule has 0 atom stereocenters. The quantitative estimate of drug-likeness (QED) is 0.617. The number of hydrogen-bond donors (Lipinski definition) is 2. The fourth-order valence-corrected chi connectivity index (χ4v) is 2.37. The first-order valence-electron chi connectivity index (χ1n) is 7.88. The predicted octanol–water partition coefficient (Wildman–Crippen LogP) is 2.26. The molecule has 2 heterocycles. The van der Waals surface area contributed by atoms with Crippen LogP contribution in [-0.4, -0.2) is 28.8 Å². The lowest BCUT2D eigenvalue weighted by Crippen LogP contribution is -2.37. The molecule has 1 aromatic carbocycles. The number of nitrogens with one attached hydrogen (secondary N) is 2. The van der Waals surface area contributed by atoms with Gasteiger partial charge >= 0.3 is 6.55 Å². The molecule has 1 aromatic heterocycles. The summed E-state index contributed by atoms with van der Waals surface area (Å²) in [5.41, 5.74) is 0.954. The van der Waals surface area contributed by atoms with Gasteiger partial charge in [-0.15, -0.1) is 0 Å². The average Bonchev–Trinajstić information content (AvgIpc) is 3.25. The van der Waals surface area contributed by atoms with Gasteiger partial charge in [-0.25, -0.2) is 9.98 Å². The lowest BCUT2D eigenvalue weighted by molar-refractivity contribution is 0.0668. The van der Waals surface area contributed by atoms with Crippen LogP contribution in [-0.2, 0) is 13.1 Å². The van der Waals surface area contributed by atoms with E-state index in [1.165, 1.54) is 12.4 Å². The molecule has 25 heavy (non-hydrogen) atoms. The van der Waals surface area contributed by atoms with Crippen molar-refractivity contribution in [1.29, 1.82) is 0 Å². The first-order chi connectivity index (χ1) is 12.2. The summed E-state index contributed by atoms with van der Waals surface area (Å²) >= 11 is 0. The zero-order valence-electron chi connectivity index (χ0n) is 13.7. The second kappa shape index (κ2) is 7.82. The summed E-state index contributed by atoms with van der Waals surface area (Å²) in [6.07, 6.45) is 2.60. The van der Waals surface area contributed by atoms with Crippen LogP contribution in [0.15, 0.2) is 35.6 Å². The molecule has 3 rings (SSSR count). The Balaban J connectivity index is 1.64. The number of aliphatic imine (C=N–C) groups is 1. The fraction of sp³-hybridized carbons (Fsp3) is 0.375. The van der Waals surface area contributed by atoms with Crippen LogP contribution in [0.25, 0.3) is 0 Å². The summed E-state index contributed by atoms with van der Waals surface area (Å²) in [5, 5.41) is 6.08. The Morgan fingerprint density at radius 3 is 2.96 bits per heavy atom. The molecule has 0 saturated carbocycles. The molecule has 1 aliphatic heterocycles. The van der Waals surface area contributed by atoms with Gasteiger partial charge in [0.1, 0.15) is 5.82 Å². The third-order valence-corrected chi connectivity index (χ3v) is 3.57. The van der Waals surface area contributed by atoms with Crippen molar-refractivity contribution in [3.63, 3.8) is 0 Å². The van der Waals surface area contributed by atoms with Gasteiger partial charge in [0.25, 0.3) is 0 Å². The molecular formula is C16H19F2N5O2. The van der Waals surface area contributed by atoms with Gasteiger partial charge in [0.15, 0.2) is 17.5 Å². The fourth-order valence-electron chi connectivity index (χ4n) is 2.37. The van der Waals surface area contributed by atoms with Crippen molar-refractivity contribution in [2.24, 2.45) is 4.99 Å². The van der Waals surface area contributed by atoms with E-state index in [9.17, 15) is 8.78 Å². The minimum absolute atomic E-state index is 0.143. The first-order valence-corrected chi connectivity index (χ1v) is 7.88. The monoisotopic (exact) mass is 351 g/mol. The molecule has 2 N–H and O–H groups in total. The number of fused-ring (bicyclic) bond motifs is 1. The Hall–Kier alpha value is -2.84. The second-order valence-corrected chi connectivity index (χ2v) is 5.26. The van der Waals surface area contributed by atoms with Crippen LogP contribution in [0, 0.1) is 0 Å². The Labute approximate surface area is 143 Å². The van der Waals surface area contributed by atoms with E-state index >= 15 is 0 Å². The van der Waals surface area contributed by atoms with Crippen molar-refractivity contribution in [3.05, 3.63) is 42.0 Å². The standard InChI is InChI=1S/C16H19F2N5O2/c1-2-19-16(22-9-14-20-5-6-23(14)15(17)18)21-8-11-3-4-12-13(7-11)25-10-24-12/h3-7,15H,2,8-10H2,1H3,(H2,19,21,22). The second-order valence-electron chi connectivity index (χ2n) is 5.26. The highest BCUT2D eigenvalue weighted by atomic mass is 19.3. The number of guanidine groups is 1. The molecule has 0 radical (unpaired) electrons. The van der Waals surface area contributed by atoms with E-state index < -0.39 is 6.55 Å². The van der Waals surface area contributed by atoms with Crippen molar-refractivity contribution in [1.82, 2.24) is 20.2 Å².